The minimum atomic E-state index is -0.780. The van der Waals surface area contributed by atoms with Gasteiger partial charge < -0.3 is 24.5 Å². The summed E-state index contributed by atoms with van der Waals surface area (Å²) in [5.41, 5.74) is 6.60. The highest BCUT2D eigenvalue weighted by atomic mass is 16.5. The number of aryl methyl sites for hydroxylation is 1. The van der Waals surface area contributed by atoms with Crippen molar-refractivity contribution in [2.75, 3.05) is 26.8 Å². The molecule has 2 amide bonds. The van der Waals surface area contributed by atoms with Crippen LogP contribution in [0.15, 0.2) is 22.6 Å². The van der Waals surface area contributed by atoms with E-state index in [1.165, 1.54) is 4.90 Å². The number of morpholine rings is 1. The van der Waals surface area contributed by atoms with Crippen molar-refractivity contribution < 1.29 is 23.5 Å². The van der Waals surface area contributed by atoms with Crippen molar-refractivity contribution in [1.29, 1.82) is 0 Å². The Bertz CT molecular complexity index is 767. The zero-order valence-corrected chi connectivity index (χ0v) is 13.0. The van der Waals surface area contributed by atoms with Crippen LogP contribution in [0.1, 0.15) is 16.1 Å². The number of amides is 2. The lowest BCUT2D eigenvalue weighted by atomic mass is 10.1. The standard InChI is InChI=1S/C16H18N2O5/c1-9-11-4-3-10(21-2)7-12(11)23-14(9)16(20)18-5-6-22-13(8-18)15(17)19/h3-4,7,13H,5-6,8H2,1-2H3,(H2,17,19). The van der Waals surface area contributed by atoms with E-state index in [1.54, 1.807) is 13.2 Å². The molecule has 0 spiro atoms. The summed E-state index contributed by atoms with van der Waals surface area (Å²) >= 11 is 0. The van der Waals surface area contributed by atoms with Crippen LogP contribution >= 0.6 is 0 Å². The molecular formula is C16H18N2O5. The lowest BCUT2D eigenvalue weighted by molar-refractivity contribution is -0.133. The quantitative estimate of drug-likeness (QED) is 0.913. The molecule has 0 radical (unpaired) electrons. The summed E-state index contributed by atoms with van der Waals surface area (Å²) in [5.74, 6) is 0.0737. The minimum absolute atomic E-state index is 0.133. The van der Waals surface area contributed by atoms with Crippen molar-refractivity contribution in [2.24, 2.45) is 5.73 Å². The van der Waals surface area contributed by atoms with Crippen LogP contribution in [-0.4, -0.2) is 49.6 Å². The molecule has 1 aliphatic heterocycles. The van der Waals surface area contributed by atoms with Crippen LogP contribution < -0.4 is 10.5 Å². The molecule has 23 heavy (non-hydrogen) atoms. The van der Waals surface area contributed by atoms with Crippen molar-refractivity contribution in [3.8, 4) is 5.75 Å². The van der Waals surface area contributed by atoms with Gasteiger partial charge >= 0.3 is 0 Å². The number of primary amides is 1. The Morgan fingerprint density at radius 2 is 2.17 bits per heavy atom. The molecule has 2 N–H and O–H groups in total. The average molecular weight is 318 g/mol. The predicted molar refractivity (Wildman–Crippen MR) is 82.3 cm³/mol. The molecule has 1 aromatic carbocycles. The number of fused-ring (bicyclic) bond motifs is 1. The molecule has 0 aliphatic carbocycles. The summed E-state index contributed by atoms with van der Waals surface area (Å²) in [7, 11) is 1.57. The fourth-order valence-electron chi connectivity index (χ4n) is 2.69. The second-order valence-electron chi connectivity index (χ2n) is 5.43. The van der Waals surface area contributed by atoms with Gasteiger partial charge in [0.25, 0.3) is 5.91 Å². The van der Waals surface area contributed by atoms with E-state index in [0.29, 0.717) is 17.9 Å². The van der Waals surface area contributed by atoms with E-state index in [-0.39, 0.29) is 24.8 Å². The van der Waals surface area contributed by atoms with Gasteiger partial charge in [0.2, 0.25) is 5.91 Å². The summed E-state index contributed by atoms with van der Waals surface area (Å²) in [5, 5.41) is 0.855. The smallest absolute Gasteiger partial charge is 0.290 e. The van der Waals surface area contributed by atoms with E-state index in [0.717, 1.165) is 10.9 Å². The minimum Gasteiger partial charge on any atom is -0.497 e. The van der Waals surface area contributed by atoms with Gasteiger partial charge in [0.1, 0.15) is 11.3 Å². The van der Waals surface area contributed by atoms with Gasteiger partial charge in [0.05, 0.1) is 20.3 Å². The average Bonchev–Trinajstić information content (AvgIpc) is 2.90. The second kappa shape index (κ2) is 5.92. The van der Waals surface area contributed by atoms with Gasteiger partial charge in [0.15, 0.2) is 11.9 Å². The Balaban J connectivity index is 1.91. The second-order valence-corrected chi connectivity index (χ2v) is 5.43. The first kappa shape index (κ1) is 15.4. The number of carbonyl (C=O) groups is 2. The first-order valence-corrected chi connectivity index (χ1v) is 7.28. The molecule has 122 valence electrons. The lowest BCUT2D eigenvalue weighted by Crippen LogP contribution is -2.50. The Morgan fingerprint density at radius 3 is 2.87 bits per heavy atom. The molecule has 2 heterocycles. The Morgan fingerprint density at radius 1 is 1.39 bits per heavy atom. The van der Waals surface area contributed by atoms with Crippen molar-refractivity contribution >= 4 is 22.8 Å². The van der Waals surface area contributed by atoms with Gasteiger partial charge in [-0.2, -0.15) is 0 Å². The number of hydrogen-bond donors (Lipinski definition) is 1. The molecule has 0 bridgehead atoms. The fraction of sp³-hybridized carbons (Fsp3) is 0.375. The molecule has 7 nitrogen and oxygen atoms in total. The first-order valence-electron chi connectivity index (χ1n) is 7.28. The highest BCUT2D eigenvalue weighted by molar-refractivity contribution is 5.99. The van der Waals surface area contributed by atoms with Crippen molar-refractivity contribution in [2.45, 2.75) is 13.0 Å². The van der Waals surface area contributed by atoms with E-state index in [4.69, 9.17) is 19.6 Å². The number of nitrogens with zero attached hydrogens (tertiary/aromatic N) is 1. The maximum absolute atomic E-state index is 12.7. The highest BCUT2D eigenvalue weighted by Gasteiger charge is 2.31. The van der Waals surface area contributed by atoms with Crippen molar-refractivity contribution in [3.05, 3.63) is 29.5 Å². The molecule has 1 fully saturated rings. The van der Waals surface area contributed by atoms with E-state index < -0.39 is 12.0 Å². The number of hydrogen-bond acceptors (Lipinski definition) is 5. The fourth-order valence-corrected chi connectivity index (χ4v) is 2.69. The molecule has 1 saturated heterocycles. The van der Waals surface area contributed by atoms with Gasteiger partial charge in [0, 0.05) is 23.6 Å². The SMILES string of the molecule is COc1ccc2c(C)c(C(=O)N3CCOC(C(N)=O)C3)oc2c1. The Hall–Kier alpha value is -2.54. The maximum atomic E-state index is 12.7. The number of methoxy groups -OCH3 is 1. The Labute approximate surface area is 132 Å². The molecule has 0 saturated carbocycles. The predicted octanol–water partition coefficient (Wildman–Crippen LogP) is 1.08. The van der Waals surface area contributed by atoms with E-state index in [2.05, 4.69) is 0 Å². The number of ether oxygens (including phenoxy) is 2. The van der Waals surface area contributed by atoms with Crippen LogP contribution in [0.2, 0.25) is 0 Å². The molecule has 1 atom stereocenters. The van der Waals surface area contributed by atoms with Gasteiger partial charge in [-0.3, -0.25) is 9.59 Å². The normalized spacial score (nSPS) is 18.2. The third kappa shape index (κ3) is 2.75. The van der Waals surface area contributed by atoms with E-state index in [9.17, 15) is 9.59 Å². The monoisotopic (exact) mass is 318 g/mol. The van der Waals surface area contributed by atoms with Gasteiger partial charge in [-0.25, -0.2) is 0 Å². The van der Waals surface area contributed by atoms with Crippen LogP contribution in [0.3, 0.4) is 0 Å². The third-order valence-electron chi connectivity index (χ3n) is 4.01. The summed E-state index contributed by atoms with van der Waals surface area (Å²) in [4.78, 5) is 25.5. The molecule has 7 heteroatoms. The molecule has 3 rings (SSSR count). The van der Waals surface area contributed by atoms with Crippen molar-refractivity contribution in [3.63, 3.8) is 0 Å². The maximum Gasteiger partial charge on any atom is 0.290 e. The summed E-state index contributed by atoms with van der Waals surface area (Å²) in [6, 6.07) is 5.41. The zero-order valence-electron chi connectivity index (χ0n) is 13.0. The number of rotatable bonds is 3. The summed E-state index contributed by atoms with van der Waals surface area (Å²) in [6.45, 7) is 2.63. The van der Waals surface area contributed by atoms with Crippen LogP contribution in [0.4, 0.5) is 0 Å². The highest BCUT2D eigenvalue weighted by Crippen LogP contribution is 2.29. The largest absolute Gasteiger partial charge is 0.497 e. The van der Waals surface area contributed by atoms with Crippen LogP contribution in [-0.2, 0) is 9.53 Å². The third-order valence-corrected chi connectivity index (χ3v) is 4.01. The van der Waals surface area contributed by atoms with E-state index >= 15 is 0 Å². The molecular weight excluding hydrogens is 300 g/mol. The molecule has 2 aromatic rings. The molecule has 1 aliphatic rings. The number of nitrogens with two attached hydrogens (primary N) is 1. The zero-order chi connectivity index (χ0) is 16.6. The van der Waals surface area contributed by atoms with Gasteiger partial charge in [-0.1, -0.05) is 0 Å². The summed E-state index contributed by atoms with van der Waals surface area (Å²) < 4.78 is 16.1. The van der Waals surface area contributed by atoms with Gasteiger partial charge in [-0.05, 0) is 19.1 Å². The number of benzene rings is 1. The number of carbonyl (C=O) groups excluding carboxylic acids is 2. The van der Waals surface area contributed by atoms with Crippen LogP contribution in [0.25, 0.3) is 11.0 Å². The number of furan rings is 1. The Kier molecular flexibility index (Phi) is 3.96. The van der Waals surface area contributed by atoms with Crippen LogP contribution in [0.5, 0.6) is 5.75 Å². The summed E-state index contributed by atoms with van der Waals surface area (Å²) in [6.07, 6.45) is -0.780. The van der Waals surface area contributed by atoms with Crippen molar-refractivity contribution in [1.82, 2.24) is 4.90 Å². The topological polar surface area (TPSA) is 95.0 Å². The van der Waals surface area contributed by atoms with Crippen LogP contribution in [0, 0.1) is 6.92 Å². The first-order chi connectivity index (χ1) is 11.0. The van der Waals surface area contributed by atoms with Gasteiger partial charge in [-0.15, -0.1) is 0 Å². The lowest BCUT2D eigenvalue weighted by Gasteiger charge is -2.30. The molecule has 1 unspecified atom stereocenters. The molecule has 1 aromatic heterocycles. The van der Waals surface area contributed by atoms with E-state index in [1.807, 2.05) is 19.1 Å².